The Balaban J connectivity index is 1.40. The Bertz CT molecular complexity index is 1290. The van der Waals surface area contributed by atoms with Crippen molar-refractivity contribution in [2.75, 3.05) is 0 Å². The number of benzene rings is 3. The molecule has 0 bridgehead atoms. The maximum Gasteiger partial charge on any atom is 0.181 e. The van der Waals surface area contributed by atoms with E-state index in [-0.39, 0.29) is 6.61 Å². The third kappa shape index (κ3) is 3.56. The first-order valence-corrected chi connectivity index (χ1v) is 9.73. The van der Waals surface area contributed by atoms with Crippen LogP contribution in [-0.2, 0) is 13.0 Å². The summed E-state index contributed by atoms with van der Waals surface area (Å²) in [5, 5.41) is 18.2. The molecule has 3 N–H and O–H groups in total. The molecule has 2 heterocycles. The van der Waals surface area contributed by atoms with Crippen LogP contribution in [0.5, 0.6) is 11.5 Å². The predicted molar refractivity (Wildman–Crippen MR) is 115 cm³/mol. The zero-order chi connectivity index (χ0) is 20.3. The molecule has 6 heteroatoms. The number of aromatic amines is 2. The van der Waals surface area contributed by atoms with Crippen molar-refractivity contribution < 1.29 is 9.84 Å². The maximum absolute atomic E-state index is 9.85. The molecular weight excluding hydrogens is 376 g/mol. The van der Waals surface area contributed by atoms with Crippen LogP contribution in [0.3, 0.4) is 0 Å². The lowest BCUT2D eigenvalue weighted by Crippen LogP contribution is -1.93. The molecule has 0 aliphatic rings. The van der Waals surface area contributed by atoms with Crippen molar-refractivity contribution in [3.63, 3.8) is 0 Å². The summed E-state index contributed by atoms with van der Waals surface area (Å²) < 4.78 is 6.10. The van der Waals surface area contributed by atoms with Crippen LogP contribution < -0.4 is 4.74 Å². The first-order valence-electron chi connectivity index (χ1n) is 9.73. The van der Waals surface area contributed by atoms with Gasteiger partial charge in [0.25, 0.3) is 0 Å². The Morgan fingerprint density at radius 1 is 0.933 bits per heavy atom. The van der Waals surface area contributed by atoms with Crippen LogP contribution in [0.1, 0.15) is 17.0 Å². The van der Waals surface area contributed by atoms with E-state index in [1.807, 2.05) is 66.9 Å². The van der Waals surface area contributed by atoms with Gasteiger partial charge in [0.15, 0.2) is 5.82 Å². The minimum Gasteiger partial charge on any atom is -0.457 e. The van der Waals surface area contributed by atoms with Crippen LogP contribution in [0.2, 0.25) is 0 Å². The van der Waals surface area contributed by atoms with E-state index < -0.39 is 0 Å². The highest BCUT2D eigenvalue weighted by atomic mass is 16.5. The molecule has 0 fully saturated rings. The van der Waals surface area contributed by atoms with Gasteiger partial charge in [-0.15, -0.1) is 0 Å². The summed E-state index contributed by atoms with van der Waals surface area (Å²) in [7, 11) is 0. The molecule has 5 aromatic rings. The Kier molecular flexibility index (Phi) is 4.75. The molecule has 0 radical (unpaired) electrons. The van der Waals surface area contributed by atoms with E-state index in [0.29, 0.717) is 23.7 Å². The maximum atomic E-state index is 9.85. The fraction of sp³-hybridized carbons (Fsp3) is 0.0833. The average molecular weight is 396 g/mol. The van der Waals surface area contributed by atoms with Gasteiger partial charge < -0.3 is 14.8 Å². The number of aromatic nitrogens is 4. The first-order chi connectivity index (χ1) is 14.8. The second-order valence-corrected chi connectivity index (χ2v) is 7.04. The van der Waals surface area contributed by atoms with Gasteiger partial charge in [0.1, 0.15) is 17.3 Å². The number of aliphatic hydroxyl groups is 1. The quantitative estimate of drug-likeness (QED) is 0.384. The summed E-state index contributed by atoms with van der Waals surface area (Å²) in [5.41, 5.74) is 3.75. The molecule has 30 heavy (non-hydrogen) atoms. The van der Waals surface area contributed by atoms with Gasteiger partial charge in [-0.25, -0.2) is 4.98 Å². The summed E-state index contributed by atoms with van der Waals surface area (Å²) in [5.74, 6) is 2.71. The Labute approximate surface area is 173 Å². The zero-order valence-electron chi connectivity index (χ0n) is 16.2. The topological polar surface area (TPSA) is 86.8 Å². The first kappa shape index (κ1) is 18.1. The Morgan fingerprint density at radius 2 is 1.83 bits per heavy atom. The van der Waals surface area contributed by atoms with E-state index in [2.05, 4.69) is 32.3 Å². The van der Waals surface area contributed by atoms with Gasteiger partial charge in [0.2, 0.25) is 0 Å². The van der Waals surface area contributed by atoms with Crippen molar-refractivity contribution in [2.24, 2.45) is 0 Å². The molecular formula is C24H20N4O2. The zero-order valence-corrected chi connectivity index (χ0v) is 16.2. The number of fused-ring (bicyclic) bond motifs is 1. The lowest BCUT2D eigenvalue weighted by molar-refractivity contribution is 0.278. The standard InChI is InChI=1S/C24H20N4O2/c29-15-20-19-11-12-25-21(19)9-10-22(20)30-18-8-4-7-17(14-18)24-26-23(27-28-24)13-16-5-2-1-3-6-16/h1-12,14,25,29H,13,15H2,(H,26,27,28). The number of rotatable bonds is 6. The molecule has 0 saturated heterocycles. The SMILES string of the molecule is OCc1c(Oc2cccc(-c3n[nH]c(Cc4ccccc4)n3)c2)ccc2[nH]ccc12. The van der Waals surface area contributed by atoms with Crippen molar-refractivity contribution in [2.45, 2.75) is 13.0 Å². The minimum atomic E-state index is -0.103. The van der Waals surface area contributed by atoms with Gasteiger partial charge in [-0.3, -0.25) is 5.10 Å². The predicted octanol–water partition coefficient (Wildman–Crippen LogP) is 4.83. The molecule has 0 spiro atoms. The lowest BCUT2D eigenvalue weighted by Gasteiger charge is -2.11. The highest BCUT2D eigenvalue weighted by molar-refractivity contribution is 5.85. The van der Waals surface area contributed by atoms with Crippen molar-refractivity contribution in [3.05, 3.63) is 95.9 Å². The molecule has 0 amide bonds. The van der Waals surface area contributed by atoms with E-state index >= 15 is 0 Å². The summed E-state index contributed by atoms with van der Waals surface area (Å²) >= 11 is 0. The molecule has 3 aromatic carbocycles. The number of nitrogens with zero attached hydrogens (tertiary/aromatic N) is 2. The normalized spacial score (nSPS) is 11.1. The number of aliphatic hydroxyl groups excluding tert-OH is 1. The summed E-state index contributed by atoms with van der Waals surface area (Å²) in [4.78, 5) is 7.77. The van der Waals surface area contributed by atoms with Crippen LogP contribution in [0, 0.1) is 0 Å². The molecule has 0 atom stereocenters. The third-order valence-corrected chi connectivity index (χ3v) is 5.03. The molecule has 148 valence electrons. The summed E-state index contributed by atoms with van der Waals surface area (Å²) in [6.07, 6.45) is 2.55. The van der Waals surface area contributed by atoms with Crippen molar-refractivity contribution in [3.8, 4) is 22.9 Å². The summed E-state index contributed by atoms with van der Waals surface area (Å²) in [6, 6.07) is 23.5. The van der Waals surface area contributed by atoms with Crippen LogP contribution in [0.25, 0.3) is 22.3 Å². The average Bonchev–Trinajstić information content (AvgIpc) is 3.44. The van der Waals surface area contributed by atoms with Crippen molar-refractivity contribution >= 4 is 10.9 Å². The van der Waals surface area contributed by atoms with Crippen LogP contribution in [-0.4, -0.2) is 25.3 Å². The molecule has 6 nitrogen and oxygen atoms in total. The largest absolute Gasteiger partial charge is 0.457 e. The van der Waals surface area contributed by atoms with Gasteiger partial charge in [-0.2, -0.15) is 5.10 Å². The number of hydrogen-bond acceptors (Lipinski definition) is 4. The molecule has 0 saturated carbocycles. The van der Waals surface area contributed by atoms with Gasteiger partial charge >= 0.3 is 0 Å². The van der Waals surface area contributed by atoms with Crippen LogP contribution in [0.15, 0.2) is 79.0 Å². The number of hydrogen-bond donors (Lipinski definition) is 3. The lowest BCUT2D eigenvalue weighted by atomic mass is 10.1. The smallest absolute Gasteiger partial charge is 0.181 e. The highest BCUT2D eigenvalue weighted by Gasteiger charge is 2.12. The minimum absolute atomic E-state index is 0.103. The van der Waals surface area contributed by atoms with Gasteiger partial charge in [-0.1, -0.05) is 42.5 Å². The number of ether oxygens (including phenoxy) is 1. The van der Waals surface area contributed by atoms with Gasteiger partial charge in [0, 0.05) is 34.6 Å². The molecule has 0 aliphatic carbocycles. The summed E-state index contributed by atoms with van der Waals surface area (Å²) in [6.45, 7) is -0.103. The second kappa shape index (κ2) is 7.85. The Hall–Kier alpha value is -3.90. The highest BCUT2D eigenvalue weighted by Crippen LogP contribution is 2.32. The van der Waals surface area contributed by atoms with Crippen molar-refractivity contribution in [1.82, 2.24) is 20.2 Å². The van der Waals surface area contributed by atoms with Gasteiger partial charge in [0.05, 0.1) is 6.61 Å². The van der Waals surface area contributed by atoms with E-state index in [0.717, 1.165) is 27.9 Å². The van der Waals surface area contributed by atoms with E-state index in [1.54, 1.807) is 0 Å². The Morgan fingerprint density at radius 3 is 2.70 bits per heavy atom. The fourth-order valence-corrected chi connectivity index (χ4v) is 3.55. The van der Waals surface area contributed by atoms with E-state index in [9.17, 15) is 5.11 Å². The van der Waals surface area contributed by atoms with E-state index in [1.165, 1.54) is 5.56 Å². The molecule has 0 aliphatic heterocycles. The monoisotopic (exact) mass is 396 g/mol. The van der Waals surface area contributed by atoms with Crippen LogP contribution in [0.4, 0.5) is 0 Å². The van der Waals surface area contributed by atoms with Crippen LogP contribution >= 0.6 is 0 Å². The molecule has 5 rings (SSSR count). The molecule has 2 aromatic heterocycles. The second-order valence-electron chi connectivity index (χ2n) is 7.04. The van der Waals surface area contributed by atoms with E-state index in [4.69, 9.17) is 4.74 Å². The number of H-pyrrole nitrogens is 2. The third-order valence-electron chi connectivity index (χ3n) is 5.03. The molecule has 0 unspecified atom stereocenters. The van der Waals surface area contributed by atoms with Crippen molar-refractivity contribution in [1.29, 1.82) is 0 Å². The number of nitrogens with one attached hydrogen (secondary N) is 2. The van der Waals surface area contributed by atoms with Gasteiger partial charge in [-0.05, 0) is 35.9 Å². The fourth-order valence-electron chi connectivity index (χ4n) is 3.55.